The third-order valence-electron chi connectivity index (χ3n) is 2.38. The highest BCUT2D eigenvalue weighted by Crippen LogP contribution is 2.17. The molecule has 0 aliphatic heterocycles. The number of aromatic amines is 1. The highest BCUT2D eigenvalue weighted by molar-refractivity contribution is 7.11. The van der Waals surface area contributed by atoms with Crippen LogP contribution < -0.4 is 10.9 Å². The summed E-state index contributed by atoms with van der Waals surface area (Å²) in [4.78, 5) is 20.3. The molecule has 1 unspecified atom stereocenters. The first-order chi connectivity index (χ1) is 8.13. The molecule has 0 fully saturated rings. The molecule has 0 spiro atoms. The summed E-state index contributed by atoms with van der Waals surface area (Å²) < 4.78 is 0. The zero-order valence-corrected chi connectivity index (χ0v) is 10.7. The molecule has 2 N–H and O–H groups in total. The zero-order valence-electron chi connectivity index (χ0n) is 9.86. The van der Waals surface area contributed by atoms with Crippen molar-refractivity contribution in [3.05, 3.63) is 44.6 Å². The molecular formula is C12H15N3OS. The zero-order chi connectivity index (χ0) is 12.3. The van der Waals surface area contributed by atoms with Crippen LogP contribution in [0.15, 0.2) is 29.3 Å². The molecule has 0 saturated heterocycles. The van der Waals surface area contributed by atoms with Crippen molar-refractivity contribution >= 4 is 17.2 Å². The molecule has 0 saturated carbocycles. The molecule has 2 aromatic heterocycles. The number of aryl methyl sites for hydroxylation is 1. The maximum Gasteiger partial charge on any atom is 0.252 e. The van der Waals surface area contributed by atoms with Gasteiger partial charge >= 0.3 is 0 Å². The number of thiophene rings is 1. The van der Waals surface area contributed by atoms with E-state index in [0.29, 0.717) is 5.82 Å². The molecule has 0 aromatic carbocycles. The van der Waals surface area contributed by atoms with Gasteiger partial charge in [-0.2, -0.15) is 0 Å². The van der Waals surface area contributed by atoms with Crippen LogP contribution in [0.2, 0.25) is 0 Å². The predicted octanol–water partition coefficient (Wildman–Crippen LogP) is 2.18. The second-order valence-corrected chi connectivity index (χ2v) is 5.43. The Morgan fingerprint density at radius 1 is 1.53 bits per heavy atom. The van der Waals surface area contributed by atoms with Crippen molar-refractivity contribution in [1.82, 2.24) is 9.97 Å². The molecule has 1 atom stereocenters. The van der Waals surface area contributed by atoms with Crippen LogP contribution in [0, 0.1) is 6.92 Å². The van der Waals surface area contributed by atoms with Gasteiger partial charge in [0.05, 0.1) is 6.33 Å². The van der Waals surface area contributed by atoms with E-state index in [2.05, 4.69) is 41.3 Å². The Labute approximate surface area is 104 Å². The van der Waals surface area contributed by atoms with E-state index in [0.717, 1.165) is 6.42 Å². The Morgan fingerprint density at radius 3 is 3.00 bits per heavy atom. The van der Waals surface area contributed by atoms with Gasteiger partial charge in [-0.25, -0.2) is 4.98 Å². The fraction of sp³-hybridized carbons (Fsp3) is 0.333. The van der Waals surface area contributed by atoms with Crippen molar-refractivity contribution in [2.45, 2.75) is 26.3 Å². The molecule has 4 nitrogen and oxygen atoms in total. The Kier molecular flexibility index (Phi) is 3.58. The summed E-state index contributed by atoms with van der Waals surface area (Å²) in [7, 11) is 0. The lowest BCUT2D eigenvalue weighted by atomic mass is 10.2. The maximum atomic E-state index is 11.1. The highest BCUT2D eigenvalue weighted by Gasteiger charge is 2.06. The molecule has 5 heteroatoms. The van der Waals surface area contributed by atoms with E-state index in [1.807, 2.05) is 0 Å². The molecule has 90 valence electrons. The van der Waals surface area contributed by atoms with Crippen molar-refractivity contribution in [1.29, 1.82) is 0 Å². The fourth-order valence-corrected chi connectivity index (χ4v) is 2.67. The van der Waals surface area contributed by atoms with Crippen molar-refractivity contribution in [3.8, 4) is 0 Å². The van der Waals surface area contributed by atoms with E-state index in [-0.39, 0.29) is 11.6 Å². The summed E-state index contributed by atoms with van der Waals surface area (Å²) in [5.74, 6) is 0.620. The number of hydrogen-bond acceptors (Lipinski definition) is 4. The maximum absolute atomic E-state index is 11.1. The summed E-state index contributed by atoms with van der Waals surface area (Å²) in [5.41, 5.74) is -0.137. The molecule has 17 heavy (non-hydrogen) atoms. The lowest BCUT2D eigenvalue weighted by Gasteiger charge is -2.12. The van der Waals surface area contributed by atoms with Crippen LogP contribution in [-0.2, 0) is 6.42 Å². The summed E-state index contributed by atoms with van der Waals surface area (Å²) in [6.45, 7) is 4.18. The van der Waals surface area contributed by atoms with E-state index in [1.165, 1.54) is 22.1 Å². The molecule has 0 aliphatic carbocycles. The molecule has 0 amide bonds. The van der Waals surface area contributed by atoms with Gasteiger partial charge in [0.25, 0.3) is 5.56 Å². The predicted molar refractivity (Wildman–Crippen MR) is 70.7 cm³/mol. The van der Waals surface area contributed by atoms with E-state index >= 15 is 0 Å². The van der Waals surface area contributed by atoms with Crippen LogP contribution in [0.3, 0.4) is 0 Å². The van der Waals surface area contributed by atoms with Crippen molar-refractivity contribution in [2.24, 2.45) is 0 Å². The number of aromatic nitrogens is 2. The second kappa shape index (κ2) is 5.14. The SMILES string of the molecule is Cc1ccc(CC(C)Nc2cc(=O)[nH]cn2)s1. The first-order valence-electron chi connectivity index (χ1n) is 5.50. The molecular weight excluding hydrogens is 234 g/mol. The summed E-state index contributed by atoms with van der Waals surface area (Å²) in [6.07, 6.45) is 2.35. The molecule has 0 aliphatic rings. The van der Waals surface area contributed by atoms with Crippen molar-refractivity contribution in [2.75, 3.05) is 5.32 Å². The Morgan fingerprint density at radius 2 is 2.35 bits per heavy atom. The van der Waals surface area contributed by atoms with Crippen LogP contribution in [0.25, 0.3) is 0 Å². The summed E-state index contributed by atoms with van der Waals surface area (Å²) in [6, 6.07) is 5.99. The minimum Gasteiger partial charge on any atom is -0.367 e. The third kappa shape index (κ3) is 3.42. The average Bonchev–Trinajstić information content (AvgIpc) is 2.63. The van der Waals surface area contributed by atoms with Crippen LogP contribution in [0.1, 0.15) is 16.7 Å². The number of H-pyrrole nitrogens is 1. The van der Waals surface area contributed by atoms with E-state index in [1.54, 1.807) is 11.3 Å². The van der Waals surface area contributed by atoms with Crippen LogP contribution >= 0.6 is 11.3 Å². The van der Waals surface area contributed by atoms with E-state index in [9.17, 15) is 4.79 Å². The van der Waals surface area contributed by atoms with Gasteiger partial charge in [-0.3, -0.25) is 4.79 Å². The summed E-state index contributed by atoms with van der Waals surface area (Å²) >= 11 is 1.80. The van der Waals surface area contributed by atoms with Crippen molar-refractivity contribution < 1.29 is 0 Å². The van der Waals surface area contributed by atoms with Crippen LogP contribution in [0.4, 0.5) is 5.82 Å². The normalized spacial score (nSPS) is 12.4. The van der Waals surface area contributed by atoms with Gasteiger partial charge in [-0.1, -0.05) is 0 Å². The standard InChI is InChI=1S/C12H15N3OS/c1-8(5-10-4-3-9(2)17-10)15-11-6-12(16)14-7-13-11/h3-4,6-8H,5H2,1-2H3,(H2,13,14,15,16). The molecule has 2 aromatic rings. The largest absolute Gasteiger partial charge is 0.367 e. The van der Waals surface area contributed by atoms with Crippen LogP contribution in [-0.4, -0.2) is 16.0 Å². The minimum atomic E-state index is -0.137. The van der Waals surface area contributed by atoms with Crippen LogP contribution in [0.5, 0.6) is 0 Å². The quantitative estimate of drug-likeness (QED) is 0.873. The Bertz CT molecular complexity index is 546. The number of hydrogen-bond donors (Lipinski definition) is 2. The van der Waals surface area contributed by atoms with Crippen molar-refractivity contribution in [3.63, 3.8) is 0 Å². The van der Waals surface area contributed by atoms with E-state index in [4.69, 9.17) is 0 Å². The van der Waals surface area contributed by atoms with Gasteiger partial charge in [-0.15, -0.1) is 11.3 Å². The highest BCUT2D eigenvalue weighted by atomic mass is 32.1. The number of nitrogens with zero attached hydrogens (tertiary/aromatic N) is 1. The lowest BCUT2D eigenvalue weighted by Crippen LogP contribution is -2.20. The van der Waals surface area contributed by atoms with Gasteiger partial charge < -0.3 is 10.3 Å². The molecule has 0 bridgehead atoms. The van der Waals surface area contributed by atoms with Gasteiger partial charge in [0.1, 0.15) is 5.82 Å². The Balaban J connectivity index is 1.97. The Hall–Kier alpha value is -1.62. The smallest absolute Gasteiger partial charge is 0.252 e. The topological polar surface area (TPSA) is 57.8 Å². The third-order valence-corrected chi connectivity index (χ3v) is 3.40. The minimum absolute atomic E-state index is 0.137. The molecule has 2 rings (SSSR count). The number of anilines is 1. The average molecular weight is 249 g/mol. The van der Waals surface area contributed by atoms with Gasteiger partial charge in [0.2, 0.25) is 0 Å². The molecule has 0 radical (unpaired) electrons. The second-order valence-electron chi connectivity index (χ2n) is 4.06. The van der Waals surface area contributed by atoms with Gasteiger partial charge in [0.15, 0.2) is 0 Å². The fourth-order valence-electron chi connectivity index (χ4n) is 1.65. The first kappa shape index (κ1) is 11.9. The monoisotopic (exact) mass is 249 g/mol. The number of rotatable bonds is 4. The summed E-state index contributed by atoms with van der Waals surface area (Å²) in [5, 5.41) is 3.22. The van der Waals surface area contributed by atoms with Gasteiger partial charge in [-0.05, 0) is 26.0 Å². The van der Waals surface area contributed by atoms with Gasteiger partial charge in [0, 0.05) is 28.3 Å². The lowest BCUT2D eigenvalue weighted by molar-refractivity contribution is 0.792. The molecule has 2 heterocycles. The first-order valence-corrected chi connectivity index (χ1v) is 6.32. The number of nitrogens with one attached hydrogen (secondary N) is 2. The van der Waals surface area contributed by atoms with E-state index < -0.39 is 0 Å².